The average molecular weight is 171 g/mol. The van der Waals surface area contributed by atoms with E-state index in [1.165, 1.54) is 0 Å². The first kappa shape index (κ1) is 9.48. The van der Waals surface area contributed by atoms with Gasteiger partial charge in [-0.1, -0.05) is 0 Å². The minimum atomic E-state index is 0.154. The quantitative estimate of drug-likeness (QED) is 0.555. The predicted molar refractivity (Wildman–Crippen MR) is 47.4 cm³/mol. The van der Waals surface area contributed by atoms with Crippen LogP contribution in [0.5, 0.6) is 0 Å². The van der Waals surface area contributed by atoms with Crippen LogP contribution in [0.25, 0.3) is 0 Å². The van der Waals surface area contributed by atoms with Crippen LogP contribution in [0.2, 0.25) is 0 Å². The molecule has 1 aliphatic heterocycles. The van der Waals surface area contributed by atoms with Crippen molar-refractivity contribution >= 4 is 5.91 Å². The molecule has 2 N–H and O–H groups in total. The second-order valence-corrected chi connectivity index (χ2v) is 3.39. The van der Waals surface area contributed by atoms with Gasteiger partial charge in [0.1, 0.15) is 0 Å². The lowest BCUT2D eigenvalue weighted by molar-refractivity contribution is -0.129. The second kappa shape index (κ2) is 4.42. The van der Waals surface area contributed by atoms with E-state index in [1.54, 1.807) is 5.01 Å². The Morgan fingerprint density at radius 3 is 2.50 bits per heavy atom. The number of amides is 1. The number of hydrogen-bond acceptors (Lipinski definition) is 3. The van der Waals surface area contributed by atoms with Crippen LogP contribution in [0.3, 0.4) is 0 Å². The monoisotopic (exact) mass is 171 g/mol. The molecule has 1 amide bonds. The Morgan fingerprint density at radius 1 is 1.42 bits per heavy atom. The minimum absolute atomic E-state index is 0.154. The molecule has 0 atom stereocenters. The van der Waals surface area contributed by atoms with Crippen LogP contribution in [-0.4, -0.2) is 38.1 Å². The van der Waals surface area contributed by atoms with Crippen LogP contribution in [-0.2, 0) is 4.79 Å². The van der Waals surface area contributed by atoms with Crippen molar-refractivity contribution in [2.75, 3.05) is 27.2 Å². The fraction of sp³-hybridized carbons (Fsp3) is 0.875. The maximum absolute atomic E-state index is 11.4. The van der Waals surface area contributed by atoms with E-state index in [-0.39, 0.29) is 11.8 Å². The SMILES string of the molecule is CN(C)NC(=O)C1CCNCC1. The summed E-state index contributed by atoms with van der Waals surface area (Å²) in [5.41, 5.74) is 2.78. The van der Waals surface area contributed by atoms with Gasteiger partial charge in [-0.25, -0.2) is 5.01 Å². The van der Waals surface area contributed by atoms with Crippen molar-refractivity contribution in [1.29, 1.82) is 0 Å². The van der Waals surface area contributed by atoms with Crippen molar-refractivity contribution in [1.82, 2.24) is 15.8 Å². The molecule has 0 aliphatic carbocycles. The number of piperidine rings is 1. The average Bonchev–Trinajstić information content (AvgIpc) is 2.05. The van der Waals surface area contributed by atoms with Crippen LogP contribution >= 0.6 is 0 Å². The Morgan fingerprint density at radius 2 is 2.00 bits per heavy atom. The lowest BCUT2D eigenvalue weighted by Gasteiger charge is -2.23. The summed E-state index contributed by atoms with van der Waals surface area (Å²) < 4.78 is 0. The molecule has 4 nitrogen and oxygen atoms in total. The Kier molecular flexibility index (Phi) is 3.49. The van der Waals surface area contributed by atoms with Gasteiger partial charge in [0, 0.05) is 20.0 Å². The first-order valence-electron chi connectivity index (χ1n) is 4.38. The van der Waals surface area contributed by atoms with Gasteiger partial charge >= 0.3 is 0 Å². The fourth-order valence-corrected chi connectivity index (χ4v) is 1.40. The molecule has 1 rings (SSSR count). The zero-order valence-corrected chi connectivity index (χ0v) is 7.76. The Hall–Kier alpha value is -0.610. The Balaban J connectivity index is 2.30. The van der Waals surface area contributed by atoms with Gasteiger partial charge in [0.15, 0.2) is 0 Å². The molecule has 0 aromatic rings. The van der Waals surface area contributed by atoms with E-state index >= 15 is 0 Å². The van der Waals surface area contributed by atoms with E-state index in [0.717, 1.165) is 25.9 Å². The minimum Gasteiger partial charge on any atom is -0.317 e. The van der Waals surface area contributed by atoms with Gasteiger partial charge in [-0.05, 0) is 25.9 Å². The van der Waals surface area contributed by atoms with E-state index < -0.39 is 0 Å². The highest BCUT2D eigenvalue weighted by molar-refractivity contribution is 5.78. The molecule has 0 bridgehead atoms. The fourth-order valence-electron chi connectivity index (χ4n) is 1.40. The summed E-state index contributed by atoms with van der Waals surface area (Å²) in [6, 6.07) is 0. The molecule has 0 unspecified atom stereocenters. The third kappa shape index (κ3) is 2.79. The van der Waals surface area contributed by atoms with Gasteiger partial charge in [-0.2, -0.15) is 0 Å². The van der Waals surface area contributed by atoms with E-state index in [2.05, 4.69) is 10.7 Å². The first-order chi connectivity index (χ1) is 5.70. The molecule has 70 valence electrons. The van der Waals surface area contributed by atoms with E-state index in [1.807, 2.05) is 14.1 Å². The number of nitrogens with zero attached hydrogens (tertiary/aromatic N) is 1. The summed E-state index contributed by atoms with van der Waals surface area (Å²) in [4.78, 5) is 11.4. The van der Waals surface area contributed by atoms with Crippen molar-refractivity contribution in [3.8, 4) is 0 Å². The largest absolute Gasteiger partial charge is 0.317 e. The van der Waals surface area contributed by atoms with Crippen LogP contribution in [0.15, 0.2) is 0 Å². The third-order valence-electron chi connectivity index (χ3n) is 2.04. The van der Waals surface area contributed by atoms with E-state index in [9.17, 15) is 4.79 Å². The van der Waals surface area contributed by atoms with Gasteiger partial charge in [0.05, 0.1) is 0 Å². The summed E-state index contributed by atoms with van der Waals surface area (Å²) >= 11 is 0. The number of carbonyl (C=O) groups is 1. The van der Waals surface area contributed by atoms with E-state index in [4.69, 9.17) is 0 Å². The number of rotatable bonds is 2. The number of carbonyl (C=O) groups excluding carboxylic acids is 1. The maximum atomic E-state index is 11.4. The van der Waals surface area contributed by atoms with Gasteiger partial charge in [0.2, 0.25) is 5.91 Å². The predicted octanol–water partition coefficient (Wildman–Crippen LogP) is -0.421. The molecular weight excluding hydrogens is 154 g/mol. The Bertz CT molecular complexity index is 152. The van der Waals surface area contributed by atoms with Crippen LogP contribution in [0, 0.1) is 5.92 Å². The number of nitrogens with one attached hydrogen (secondary N) is 2. The van der Waals surface area contributed by atoms with Crippen LogP contribution in [0.4, 0.5) is 0 Å². The number of hydrazine groups is 1. The second-order valence-electron chi connectivity index (χ2n) is 3.39. The molecule has 1 saturated heterocycles. The summed E-state index contributed by atoms with van der Waals surface area (Å²) in [5, 5.41) is 4.93. The topological polar surface area (TPSA) is 44.4 Å². The van der Waals surface area contributed by atoms with E-state index in [0.29, 0.717) is 0 Å². The number of hydrogen-bond donors (Lipinski definition) is 2. The normalized spacial score (nSPS) is 19.6. The molecule has 0 aromatic heterocycles. The van der Waals surface area contributed by atoms with Crippen LogP contribution in [0.1, 0.15) is 12.8 Å². The van der Waals surface area contributed by atoms with Gasteiger partial charge < -0.3 is 5.32 Å². The molecule has 0 spiro atoms. The summed E-state index contributed by atoms with van der Waals surface area (Å²) in [5.74, 6) is 0.357. The molecule has 12 heavy (non-hydrogen) atoms. The van der Waals surface area contributed by atoms with Gasteiger partial charge in [-0.3, -0.25) is 10.2 Å². The smallest absolute Gasteiger partial charge is 0.237 e. The standard InChI is InChI=1S/C8H17N3O/c1-11(2)10-8(12)7-3-5-9-6-4-7/h7,9H,3-6H2,1-2H3,(H,10,12). The molecular formula is C8H17N3O. The van der Waals surface area contributed by atoms with Crippen molar-refractivity contribution < 1.29 is 4.79 Å². The van der Waals surface area contributed by atoms with Crippen molar-refractivity contribution in [3.63, 3.8) is 0 Å². The van der Waals surface area contributed by atoms with Gasteiger partial charge in [0.25, 0.3) is 0 Å². The third-order valence-corrected chi connectivity index (χ3v) is 2.04. The molecule has 0 aromatic carbocycles. The zero-order chi connectivity index (χ0) is 8.97. The molecule has 0 radical (unpaired) electrons. The summed E-state index contributed by atoms with van der Waals surface area (Å²) in [7, 11) is 3.66. The maximum Gasteiger partial charge on any atom is 0.237 e. The van der Waals surface area contributed by atoms with Crippen molar-refractivity contribution in [2.24, 2.45) is 5.92 Å². The Labute approximate surface area is 73.3 Å². The lowest BCUT2D eigenvalue weighted by Crippen LogP contribution is -2.43. The molecule has 1 aliphatic rings. The van der Waals surface area contributed by atoms with Crippen LogP contribution < -0.4 is 10.7 Å². The highest BCUT2D eigenvalue weighted by Gasteiger charge is 2.20. The molecule has 1 heterocycles. The molecule has 4 heteroatoms. The zero-order valence-electron chi connectivity index (χ0n) is 7.76. The first-order valence-corrected chi connectivity index (χ1v) is 4.38. The van der Waals surface area contributed by atoms with Gasteiger partial charge in [-0.15, -0.1) is 0 Å². The molecule has 0 saturated carbocycles. The summed E-state index contributed by atoms with van der Waals surface area (Å²) in [6.07, 6.45) is 1.92. The lowest BCUT2D eigenvalue weighted by atomic mass is 9.98. The molecule has 1 fully saturated rings. The van der Waals surface area contributed by atoms with Crippen molar-refractivity contribution in [3.05, 3.63) is 0 Å². The highest BCUT2D eigenvalue weighted by Crippen LogP contribution is 2.10. The summed E-state index contributed by atoms with van der Waals surface area (Å²) in [6.45, 7) is 1.93. The highest BCUT2D eigenvalue weighted by atomic mass is 16.2. The van der Waals surface area contributed by atoms with Crippen molar-refractivity contribution in [2.45, 2.75) is 12.8 Å².